The first kappa shape index (κ1) is 17.7. The van der Waals surface area contributed by atoms with Crippen LogP contribution in [0.25, 0.3) is 11.1 Å². The molecule has 0 aliphatic rings. The van der Waals surface area contributed by atoms with E-state index in [1.165, 1.54) is 5.56 Å². The van der Waals surface area contributed by atoms with E-state index in [0.29, 0.717) is 17.9 Å². The lowest BCUT2D eigenvalue weighted by molar-refractivity contribution is 0.0735. The molecule has 0 aromatic heterocycles. The molecule has 0 fully saturated rings. The van der Waals surface area contributed by atoms with E-state index < -0.39 is 0 Å². The predicted octanol–water partition coefficient (Wildman–Crippen LogP) is 5.53. The molecule has 0 spiro atoms. The van der Waals surface area contributed by atoms with Gasteiger partial charge in [-0.3, -0.25) is 0 Å². The third kappa shape index (κ3) is 4.31. The summed E-state index contributed by atoms with van der Waals surface area (Å²) in [6, 6.07) is 22.9. The number of hydrogen-bond acceptors (Lipinski definition) is 3. The van der Waals surface area contributed by atoms with E-state index in [4.69, 9.17) is 9.47 Å². The van der Waals surface area contributed by atoms with Crippen molar-refractivity contribution in [2.24, 2.45) is 0 Å². The van der Waals surface area contributed by atoms with Crippen LogP contribution in [0.3, 0.4) is 0 Å². The third-order valence-corrected chi connectivity index (χ3v) is 4.16. The molecule has 132 valence electrons. The van der Waals surface area contributed by atoms with E-state index in [0.717, 1.165) is 23.3 Å². The maximum Gasteiger partial charge on any atom is 0.343 e. The lowest BCUT2D eigenvalue weighted by Gasteiger charge is -2.07. The number of ether oxygens (including phenoxy) is 2. The van der Waals surface area contributed by atoms with E-state index in [9.17, 15) is 4.79 Å². The number of hydrogen-bond donors (Lipinski definition) is 0. The Balaban J connectivity index is 1.68. The number of carbonyl (C=O) groups excluding carboxylic acids is 1. The molecule has 0 saturated heterocycles. The number of rotatable bonds is 6. The Morgan fingerprint density at radius 2 is 1.27 bits per heavy atom. The van der Waals surface area contributed by atoms with Crippen LogP contribution in [0.15, 0.2) is 72.8 Å². The van der Waals surface area contributed by atoms with Crippen molar-refractivity contribution < 1.29 is 14.3 Å². The van der Waals surface area contributed by atoms with Crippen molar-refractivity contribution in [1.82, 2.24) is 0 Å². The molecule has 3 aromatic rings. The standard InChI is InChI=1S/C23H22O3/c1-3-17-5-13-22(14-6-17)26-23(24)20-9-7-18(8-10-20)19-11-15-21(16-12-19)25-4-2/h5-16H,3-4H2,1-2H3. The second kappa shape index (κ2) is 8.34. The Kier molecular flexibility index (Phi) is 5.69. The van der Waals surface area contributed by atoms with Gasteiger partial charge in [-0.2, -0.15) is 0 Å². The molecule has 0 aliphatic heterocycles. The molecule has 0 amide bonds. The van der Waals surface area contributed by atoms with Gasteiger partial charge in [-0.1, -0.05) is 43.3 Å². The fourth-order valence-electron chi connectivity index (χ4n) is 2.67. The van der Waals surface area contributed by atoms with Gasteiger partial charge in [0.25, 0.3) is 0 Å². The molecule has 3 heteroatoms. The summed E-state index contributed by atoms with van der Waals surface area (Å²) in [6.45, 7) is 4.70. The van der Waals surface area contributed by atoms with Gasteiger partial charge in [-0.05, 0) is 66.4 Å². The maximum atomic E-state index is 12.3. The number of benzene rings is 3. The normalized spacial score (nSPS) is 10.4. The van der Waals surface area contributed by atoms with Gasteiger partial charge in [0.15, 0.2) is 0 Å². The van der Waals surface area contributed by atoms with Gasteiger partial charge >= 0.3 is 5.97 Å². The topological polar surface area (TPSA) is 35.5 Å². The molecule has 0 bridgehead atoms. The molecular formula is C23H22O3. The minimum absolute atomic E-state index is 0.354. The number of carbonyl (C=O) groups is 1. The largest absolute Gasteiger partial charge is 0.494 e. The van der Waals surface area contributed by atoms with Crippen LogP contribution in [0.1, 0.15) is 29.8 Å². The van der Waals surface area contributed by atoms with Crippen LogP contribution in [-0.4, -0.2) is 12.6 Å². The molecule has 0 atom stereocenters. The van der Waals surface area contributed by atoms with Crippen molar-refractivity contribution in [3.8, 4) is 22.6 Å². The second-order valence-corrected chi connectivity index (χ2v) is 5.92. The first-order valence-electron chi connectivity index (χ1n) is 8.84. The summed E-state index contributed by atoms with van der Waals surface area (Å²) in [5.74, 6) is 1.06. The zero-order valence-electron chi connectivity index (χ0n) is 15.1. The van der Waals surface area contributed by atoms with Gasteiger partial charge in [0.1, 0.15) is 11.5 Å². The summed E-state index contributed by atoms with van der Waals surface area (Å²) in [4.78, 5) is 12.3. The predicted molar refractivity (Wildman–Crippen MR) is 104 cm³/mol. The van der Waals surface area contributed by atoms with Crippen molar-refractivity contribution in [3.05, 3.63) is 83.9 Å². The zero-order chi connectivity index (χ0) is 18.4. The molecule has 0 saturated carbocycles. The molecule has 0 aliphatic carbocycles. The van der Waals surface area contributed by atoms with Crippen LogP contribution in [0.5, 0.6) is 11.5 Å². The van der Waals surface area contributed by atoms with Crippen LogP contribution < -0.4 is 9.47 Å². The van der Waals surface area contributed by atoms with Crippen LogP contribution in [0.2, 0.25) is 0 Å². The van der Waals surface area contributed by atoms with E-state index in [1.54, 1.807) is 12.1 Å². The molecule has 0 heterocycles. The molecule has 3 aromatic carbocycles. The molecule has 3 rings (SSSR count). The van der Waals surface area contributed by atoms with E-state index in [2.05, 4.69) is 6.92 Å². The molecule has 3 nitrogen and oxygen atoms in total. The summed E-state index contributed by atoms with van der Waals surface area (Å²) < 4.78 is 10.9. The van der Waals surface area contributed by atoms with Gasteiger partial charge in [0.05, 0.1) is 12.2 Å². The van der Waals surface area contributed by atoms with Crippen LogP contribution in [0.4, 0.5) is 0 Å². The van der Waals surface area contributed by atoms with Gasteiger partial charge in [-0.15, -0.1) is 0 Å². The lowest BCUT2D eigenvalue weighted by atomic mass is 10.0. The van der Waals surface area contributed by atoms with Crippen molar-refractivity contribution in [2.75, 3.05) is 6.61 Å². The summed E-state index contributed by atoms with van der Waals surface area (Å²) in [5, 5.41) is 0. The van der Waals surface area contributed by atoms with Crippen molar-refractivity contribution in [3.63, 3.8) is 0 Å². The molecule has 26 heavy (non-hydrogen) atoms. The number of esters is 1. The van der Waals surface area contributed by atoms with E-state index >= 15 is 0 Å². The van der Waals surface area contributed by atoms with Crippen LogP contribution >= 0.6 is 0 Å². The highest BCUT2D eigenvalue weighted by molar-refractivity contribution is 5.91. The minimum atomic E-state index is -0.354. The summed E-state index contributed by atoms with van der Waals surface area (Å²) >= 11 is 0. The Bertz CT molecular complexity index is 847. The summed E-state index contributed by atoms with van der Waals surface area (Å²) in [5.41, 5.74) is 3.85. The SMILES string of the molecule is CCOc1ccc(-c2ccc(C(=O)Oc3ccc(CC)cc3)cc2)cc1. The highest BCUT2D eigenvalue weighted by Gasteiger charge is 2.09. The quantitative estimate of drug-likeness (QED) is 0.434. The van der Waals surface area contributed by atoms with Gasteiger partial charge in [-0.25, -0.2) is 4.79 Å². The van der Waals surface area contributed by atoms with Gasteiger partial charge in [0.2, 0.25) is 0 Å². The minimum Gasteiger partial charge on any atom is -0.494 e. The smallest absolute Gasteiger partial charge is 0.343 e. The van der Waals surface area contributed by atoms with Crippen LogP contribution in [0, 0.1) is 0 Å². The Morgan fingerprint density at radius 3 is 1.81 bits per heavy atom. The highest BCUT2D eigenvalue weighted by Crippen LogP contribution is 2.23. The molecule has 0 radical (unpaired) electrons. The first-order chi connectivity index (χ1) is 12.7. The van der Waals surface area contributed by atoms with E-state index in [-0.39, 0.29) is 5.97 Å². The van der Waals surface area contributed by atoms with Crippen molar-refractivity contribution in [1.29, 1.82) is 0 Å². The summed E-state index contributed by atoms with van der Waals surface area (Å²) in [6.07, 6.45) is 0.960. The summed E-state index contributed by atoms with van der Waals surface area (Å²) in [7, 11) is 0. The molecule has 0 unspecified atom stereocenters. The highest BCUT2D eigenvalue weighted by atomic mass is 16.5. The van der Waals surface area contributed by atoms with Crippen LogP contribution in [-0.2, 0) is 6.42 Å². The average Bonchev–Trinajstić information content (AvgIpc) is 2.69. The Hall–Kier alpha value is -3.07. The zero-order valence-corrected chi connectivity index (χ0v) is 15.1. The third-order valence-electron chi connectivity index (χ3n) is 4.16. The monoisotopic (exact) mass is 346 g/mol. The molecular weight excluding hydrogens is 324 g/mol. The first-order valence-corrected chi connectivity index (χ1v) is 8.84. The van der Waals surface area contributed by atoms with Gasteiger partial charge < -0.3 is 9.47 Å². The van der Waals surface area contributed by atoms with Crippen molar-refractivity contribution >= 4 is 5.97 Å². The van der Waals surface area contributed by atoms with Gasteiger partial charge in [0, 0.05) is 0 Å². The fourth-order valence-corrected chi connectivity index (χ4v) is 2.67. The Morgan fingerprint density at radius 1 is 0.731 bits per heavy atom. The number of aryl methyl sites for hydroxylation is 1. The lowest BCUT2D eigenvalue weighted by Crippen LogP contribution is -2.08. The fraction of sp³-hybridized carbons (Fsp3) is 0.174. The molecule has 0 N–H and O–H groups in total. The second-order valence-electron chi connectivity index (χ2n) is 5.92. The van der Waals surface area contributed by atoms with Crippen molar-refractivity contribution in [2.45, 2.75) is 20.3 Å². The average molecular weight is 346 g/mol. The Labute approximate surface area is 154 Å². The van der Waals surface area contributed by atoms with E-state index in [1.807, 2.05) is 67.6 Å². The maximum absolute atomic E-state index is 12.3.